The molecule has 0 N–H and O–H groups in total. The van der Waals surface area contributed by atoms with E-state index >= 15 is 0 Å². The summed E-state index contributed by atoms with van der Waals surface area (Å²) in [5, 5.41) is 0.540. The molecule has 0 amide bonds. The molecule has 0 saturated heterocycles. The van der Waals surface area contributed by atoms with E-state index in [0.717, 1.165) is 32.1 Å². The van der Waals surface area contributed by atoms with Crippen LogP contribution in [-0.2, 0) is 0 Å². The van der Waals surface area contributed by atoms with Gasteiger partial charge in [0, 0.05) is 10.8 Å². The van der Waals surface area contributed by atoms with Gasteiger partial charge in [0.05, 0.1) is 0 Å². The van der Waals surface area contributed by atoms with Gasteiger partial charge in [0.15, 0.2) is 0 Å². The highest BCUT2D eigenvalue weighted by Crippen LogP contribution is 2.35. The van der Waals surface area contributed by atoms with Crippen LogP contribution in [0.1, 0.15) is 59.8 Å². The average molecular weight is 239 g/mol. The molecule has 0 radical (unpaired) electrons. The van der Waals surface area contributed by atoms with Gasteiger partial charge in [0.1, 0.15) is 0 Å². The SMILES string of the molecule is CCCC(Cl)CC(C)(C)C(Cl)CCC. The molecule has 0 aromatic rings. The highest BCUT2D eigenvalue weighted by Gasteiger charge is 2.29. The monoisotopic (exact) mass is 238 g/mol. The molecule has 2 unspecified atom stereocenters. The van der Waals surface area contributed by atoms with E-state index in [4.69, 9.17) is 23.2 Å². The summed E-state index contributed by atoms with van der Waals surface area (Å²) in [6, 6.07) is 0. The third kappa shape index (κ3) is 5.46. The molecule has 0 saturated carbocycles. The number of hydrogen-bond acceptors (Lipinski definition) is 0. The summed E-state index contributed by atoms with van der Waals surface area (Å²) in [7, 11) is 0. The molecule has 0 aliphatic rings. The molecule has 0 aliphatic carbocycles. The van der Waals surface area contributed by atoms with Crippen LogP contribution in [0.4, 0.5) is 0 Å². The Morgan fingerprint density at radius 3 is 1.93 bits per heavy atom. The standard InChI is InChI=1S/C12H24Cl2/c1-5-7-10(13)9-12(3,4)11(14)8-6-2/h10-11H,5-9H2,1-4H3. The van der Waals surface area contributed by atoms with Crippen molar-refractivity contribution in [2.45, 2.75) is 70.6 Å². The molecule has 0 aromatic carbocycles. The Bertz CT molecular complexity index is 143. The molecule has 2 heteroatoms. The predicted octanol–water partition coefficient (Wildman–Crippen LogP) is 5.22. The Labute approximate surface area is 99.4 Å². The predicted molar refractivity (Wildman–Crippen MR) is 67.5 cm³/mol. The van der Waals surface area contributed by atoms with E-state index in [0.29, 0.717) is 0 Å². The fourth-order valence-electron chi connectivity index (χ4n) is 1.76. The first-order chi connectivity index (χ1) is 6.44. The second-order valence-corrected chi connectivity index (χ2v) is 5.98. The largest absolute Gasteiger partial charge is 0.123 e. The molecule has 0 rings (SSSR count). The first kappa shape index (κ1) is 14.6. The lowest BCUT2D eigenvalue weighted by molar-refractivity contribution is 0.296. The summed E-state index contributed by atoms with van der Waals surface area (Å²) in [6.45, 7) is 8.80. The maximum Gasteiger partial charge on any atom is 0.0387 e. The molecule has 0 spiro atoms. The van der Waals surface area contributed by atoms with Gasteiger partial charge < -0.3 is 0 Å². The second-order valence-electron chi connectivity index (χ2n) is 4.83. The molecule has 0 nitrogen and oxygen atoms in total. The zero-order valence-electron chi connectivity index (χ0n) is 9.95. The van der Waals surface area contributed by atoms with Crippen LogP contribution in [0.3, 0.4) is 0 Å². The van der Waals surface area contributed by atoms with E-state index in [1.165, 1.54) is 0 Å². The quantitative estimate of drug-likeness (QED) is 0.534. The number of alkyl halides is 2. The Hall–Kier alpha value is 0.580. The number of hydrogen-bond donors (Lipinski definition) is 0. The summed E-state index contributed by atoms with van der Waals surface area (Å²) in [4.78, 5) is 0. The number of rotatable bonds is 7. The highest BCUT2D eigenvalue weighted by molar-refractivity contribution is 6.22. The van der Waals surface area contributed by atoms with E-state index < -0.39 is 0 Å². The lowest BCUT2D eigenvalue weighted by Gasteiger charge is -2.31. The van der Waals surface area contributed by atoms with Crippen molar-refractivity contribution >= 4 is 23.2 Å². The zero-order chi connectivity index (χ0) is 11.2. The van der Waals surface area contributed by atoms with Gasteiger partial charge in [0.25, 0.3) is 0 Å². The van der Waals surface area contributed by atoms with Gasteiger partial charge in [-0.1, -0.05) is 40.5 Å². The van der Waals surface area contributed by atoms with Gasteiger partial charge in [-0.15, -0.1) is 23.2 Å². The minimum atomic E-state index is 0.166. The van der Waals surface area contributed by atoms with E-state index in [1.807, 2.05) is 0 Å². The van der Waals surface area contributed by atoms with Crippen molar-refractivity contribution < 1.29 is 0 Å². The summed E-state index contributed by atoms with van der Waals surface area (Å²) in [5.74, 6) is 0. The van der Waals surface area contributed by atoms with Crippen molar-refractivity contribution in [2.24, 2.45) is 5.41 Å². The maximum absolute atomic E-state index is 6.36. The lowest BCUT2D eigenvalue weighted by atomic mass is 9.81. The van der Waals surface area contributed by atoms with E-state index in [-0.39, 0.29) is 16.2 Å². The molecule has 2 atom stereocenters. The first-order valence-electron chi connectivity index (χ1n) is 5.72. The molecule has 86 valence electrons. The van der Waals surface area contributed by atoms with Crippen LogP contribution in [0, 0.1) is 5.41 Å². The lowest BCUT2D eigenvalue weighted by Crippen LogP contribution is -2.27. The van der Waals surface area contributed by atoms with Crippen molar-refractivity contribution in [1.82, 2.24) is 0 Å². The molecular weight excluding hydrogens is 215 g/mol. The molecule has 0 aromatic heterocycles. The van der Waals surface area contributed by atoms with E-state index in [2.05, 4.69) is 27.7 Å². The van der Waals surface area contributed by atoms with Crippen LogP contribution in [0.25, 0.3) is 0 Å². The van der Waals surface area contributed by atoms with Crippen molar-refractivity contribution in [3.8, 4) is 0 Å². The van der Waals surface area contributed by atoms with Gasteiger partial charge >= 0.3 is 0 Å². The van der Waals surface area contributed by atoms with Gasteiger partial charge in [-0.05, 0) is 24.7 Å². The number of halogens is 2. The fourth-order valence-corrected chi connectivity index (χ4v) is 2.68. The third-order valence-corrected chi connectivity index (χ3v) is 3.92. The van der Waals surface area contributed by atoms with Gasteiger partial charge in [-0.3, -0.25) is 0 Å². The summed E-state index contributed by atoms with van der Waals surface area (Å²) in [5.41, 5.74) is 0.166. The van der Waals surface area contributed by atoms with Crippen molar-refractivity contribution in [3.05, 3.63) is 0 Å². The van der Waals surface area contributed by atoms with Crippen molar-refractivity contribution in [1.29, 1.82) is 0 Å². The molecule has 0 fully saturated rings. The summed E-state index contributed by atoms with van der Waals surface area (Å²) < 4.78 is 0. The minimum Gasteiger partial charge on any atom is -0.123 e. The van der Waals surface area contributed by atoms with Gasteiger partial charge in [-0.25, -0.2) is 0 Å². The third-order valence-electron chi connectivity index (χ3n) is 2.74. The van der Waals surface area contributed by atoms with Gasteiger partial charge in [-0.2, -0.15) is 0 Å². The Kier molecular flexibility index (Phi) is 7.24. The topological polar surface area (TPSA) is 0 Å². The van der Waals surface area contributed by atoms with Crippen LogP contribution in [0.2, 0.25) is 0 Å². The summed E-state index contributed by atoms with van der Waals surface area (Å²) in [6.07, 6.45) is 5.52. The van der Waals surface area contributed by atoms with E-state index in [1.54, 1.807) is 0 Å². The van der Waals surface area contributed by atoms with Gasteiger partial charge in [0.2, 0.25) is 0 Å². The van der Waals surface area contributed by atoms with Crippen LogP contribution in [0.15, 0.2) is 0 Å². The molecule has 14 heavy (non-hydrogen) atoms. The molecule has 0 bridgehead atoms. The van der Waals surface area contributed by atoms with Crippen LogP contribution in [-0.4, -0.2) is 10.8 Å². The van der Waals surface area contributed by atoms with Crippen LogP contribution >= 0.6 is 23.2 Å². The summed E-state index contributed by atoms with van der Waals surface area (Å²) >= 11 is 12.6. The van der Waals surface area contributed by atoms with Crippen LogP contribution in [0.5, 0.6) is 0 Å². The Morgan fingerprint density at radius 1 is 1.00 bits per heavy atom. The van der Waals surface area contributed by atoms with Crippen LogP contribution < -0.4 is 0 Å². The Balaban J connectivity index is 4.03. The zero-order valence-corrected chi connectivity index (χ0v) is 11.5. The highest BCUT2D eigenvalue weighted by atomic mass is 35.5. The maximum atomic E-state index is 6.36. The molecular formula is C12H24Cl2. The Morgan fingerprint density at radius 2 is 1.50 bits per heavy atom. The van der Waals surface area contributed by atoms with Crippen molar-refractivity contribution in [2.75, 3.05) is 0 Å². The fraction of sp³-hybridized carbons (Fsp3) is 1.00. The smallest absolute Gasteiger partial charge is 0.0387 e. The van der Waals surface area contributed by atoms with E-state index in [9.17, 15) is 0 Å². The second kappa shape index (κ2) is 6.95. The minimum absolute atomic E-state index is 0.166. The molecule has 0 heterocycles. The normalized spacial score (nSPS) is 16.7. The average Bonchev–Trinajstić information content (AvgIpc) is 2.03. The van der Waals surface area contributed by atoms with Crippen molar-refractivity contribution in [3.63, 3.8) is 0 Å². The first-order valence-corrected chi connectivity index (χ1v) is 6.59. The molecule has 0 aliphatic heterocycles.